The molecule has 6 nitrogen and oxygen atoms in total. The third kappa shape index (κ3) is 5.88. The molecule has 33 heavy (non-hydrogen) atoms. The maximum Gasteiger partial charge on any atom is 0.260 e. The van der Waals surface area contributed by atoms with Crippen molar-refractivity contribution < 1.29 is 23.5 Å². The van der Waals surface area contributed by atoms with Crippen LogP contribution in [-0.4, -0.2) is 37.0 Å². The van der Waals surface area contributed by atoms with Gasteiger partial charge in [-0.3, -0.25) is 9.59 Å². The van der Waals surface area contributed by atoms with Gasteiger partial charge < -0.3 is 19.7 Å². The average molecular weight is 448 g/mol. The van der Waals surface area contributed by atoms with Gasteiger partial charge >= 0.3 is 0 Å². The summed E-state index contributed by atoms with van der Waals surface area (Å²) >= 11 is 0. The molecule has 1 N–H and O–H groups in total. The monoisotopic (exact) mass is 448 g/mol. The summed E-state index contributed by atoms with van der Waals surface area (Å²) in [6, 6.07) is 19.0. The molecule has 0 atom stereocenters. The van der Waals surface area contributed by atoms with Crippen molar-refractivity contribution in [1.82, 2.24) is 4.90 Å². The lowest BCUT2D eigenvalue weighted by Gasteiger charge is -2.20. The molecule has 0 saturated carbocycles. The third-order valence-corrected chi connectivity index (χ3v) is 5.52. The van der Waals surface area contributed by atoms with Crippen LogP contribution in [0.5, 0.6) is 11.5 Å². The molecule has 3 aromatic rings. The van der Waals surface area contributed by atoms with E-state index in [2.05, 4.69) is 5.32 Å². The first-order chi connectivity index (χ1) is 16.0. The molecule has 0 fully saturated rings. The molecule has 4 rings (SSSR count). The minimum atomic E-state index is -0.284. The molecule has 3 aromatic carbocycles. The van der Waals surface area contributed by atoms with Crippen molar-refractivity contribution in [3.8, 4) is 11.5 Å². The van der Waals surface area contributed by atoms with Gasteiger partial charge in [-0.05, 0) is 60.0 Å². The van der Waals surface area contributed by atoms with Crippen molar-refractivity contribution >= 4 is 17.5 Å². The van der Waals surface area contributed by atoms with E-state index in [1.54, 1.807) is 36.3 Å². The van der Waals surface area contributed by atoms with Gasteiger partial charge in [-0.1, -0.05) is 24.3 Å². The normalized spacial score (nSPS) is 13.0. The van der Waals surface area contributed by atoms with Crippen molar-refractivity contribution in [3.63, 3.8) is 0 Å². The van der Waals surface area contributed by atoms with Crippen molar-refractivity contribution in [2.75, 3.05) is 25.6 Å². The van der Waals surface area contributed by atoms with Crippen LogP contribution in [0.15, 0.2) is 66.7 Å². The molecule has 1 heterocycles. The van der Waals surface area contributed by atoms with Crippen molar-refractivity contribution in [2.24, 2.45) is 0 Å². The van der Waals surface area contributed by atoms with E-state index in [9.17, 15) is 14.0 Å². The molecular formula is C26H25FN2O4. The Morgan fingerprint density at radius 2 is 1.79 bits per heavy atom. The number of methoxy groups -OCH3 is 1. The molecule has 0 bridgehead atoms. The van der Waals surface area contributed by atoms with Gasteiger partial charge in [-0.25, -0.2) is 4.39 Å². The second-order valence-corrected chi connectivity index (χ2v) is 7.88. The second kappa shape index (κ2) is 10.2. The Balaban J connectivity index is 1.40. The fraction of sp³-hybridized carbons (Fsp3) is 0.231. The minimum absolute atomic E-state index is 0.0421. The van der Waals surface area contributed by atoms with Gasteiger partial charge in [0.05, 0.1) is 13.5 Å². The Labute approximate surface area is 191 Å². The van der Waals surface area contributed by atoms with Crippen LogP contribution in [0.4, 0.5) is 10.1 Å². The summed E-state index contributed by atoms with van der Waals surface area (Å²) in [4.78, 5) is 26.8. The van der Waals surface area contributed by atoms with Crippen molar-refractivity contribution in [3.05, 3.63) is 89.2 Å². The Morgan fingerprint density at radius 3 is 2.52 bits per heavy atom. The standard InChI is InChI=1S/C26H25FN2O4/c1-32-23-9-4-19(5-10-23)14-25(30)28-22-8-11-24-20(15-22)16-29(26(31)17-33-24)13-12-18-2-6-21(27)7-3-18/h2-11,15H,12-14,16-17H2,1H3,(H,28,30). The average Bonchev–Trinajstić information content (AvgIpc) is 2.97. The molecule has 0 saturated heterocycles. The number of hydrogen-bond donors (Lipinski definition) is 1. The van der Waals surface area contributed by atoms with Crippen LogP contribution in [0.3, 0.4) is 0 Å². The number of nitrogens with one attached hydrogen (secondary N) is 1. The largest absolute Gasteiger partial charge is 0.497 e. The topological polar surface area (TPSA) is 67.9 Å². The number of carbonyl (C=O) groups is 2. The number of anilines is 1. The van der Waals surface area contributed by atoms with Crippen LogP contribution in [0.25, 0.3) is 0 Å². The summed E-state index contributed by atoms with van der Waals surface area (Å²) in [7, 11) is 1.60. The summed E-state index contributed by atoms with van der Waals surface area (Å²) in [6.07, 6.45) is 0.847. The summed E-state index contributed by atoms with van der Waals surface area (Å²) in [5.74, 6) is 0.829. The molecule has 0 aliphatic carbocycles. The van der Waals surface area contributed by atoms with E-state index in [0.29, 0.717) is 30.9 Å². The SMILES string of the molecule is COc1ccc(CC(=O)Nc2ccc3c(c2)CN(CCc2ccc(F)cc2)C(=O)CO3)cc1. The zero-order valence-corrected chi connectivity index (χ0v) is 18.3. The zero-order valence-electron chi connectivity index (χ0n) is 18.3. The van der Waals surface area contributed by atoms with Crippen LogP contribution >= 0.6 is 0 Å². The van der Waals surface area contributed by atoms with Gasteiger partial charge in [0.2, 0.25) is 5.91 Å². The van der Waals surface area contributed by atoms with E-state index >= 15 is 0 Å². The Bertz CT molecular complexity index is 1130. The molecule has 2 amide bonds. The van der Waals surface area contributed by atoms with Gasteiger partial charge in [-0.15, -0.1) is 0 Å². The first-order valence-electron chi connectivity index (χ1n) is 10.7. The first-order valence-corrected chi connectivity index (χ1v) is 10.7. The number of ether oxygens (including phenoxy) is 2. The highest BCUT2D eigenvalue weighted by Crippen LogP contribution is 2.27. The van der Waals surface area contributed by atoms with Crippen molar-refractivity contribution in [1.29, 1.82) is 0 Å². The number of benzene rings is 3. The number of halogens is 1. The Morgan fingerprint density at radius 1 is 1.06 bits per heavy atom. The Kier molecular flexibility index (Phi) is 6.88. The lowest BCUT2D eigenvalue weighted by molar-refractivity contribution is -0.133. The van der Waals surface area contributed by atoms with Crippen LogP contribution in [0.1, 0.15) is 16.7 Å². The molecule has 0 unspecified atom stereocenters. The Hall–Kier alpha value is -3.87. The zero-order chi connectivity index (χ0) is 23.2. The highest BCUT2D eigenvalue weighted by molar-refractivity contribution is 5.92. The lowest BCUT2D eigenvalue weighted by Crippen LogP contribution is -2.34. The molecule has 0 aromatic heterocycles. The highest BCUT2D eigenvalue weighted by atomic mass is 19.1. The van der Waals surface area contributed by atoms with E-state index < -0.39 is 0 Å². The lowest BCUT2D eigenvalue weighted by atomic mass is 10.1. The van der Waals surface area contributed by atoms with E-state index in [-0.39, 0.29) is 30.7 Å². The fourth-order valence-electron chi connectivity index (χ4n) is 3.70. The fourth-order valence-corrected chi connectivity index (χ4v) is 3.70. The molecule has 170 valence electrons. The van der Waals surface area contributed by atoms with Gasteiger partial charge in [0.15, 0.2) is 6.61 Å². The van der Waals surface area contributed by atoms with Crippen molar-refractivity contribution in [2.45, 2.75) is 19.4 Å². The van der Waals surface area contributed by atoms with Crippen LogP contribution in [-0.2, 0) is 29.0 Å². The van der Waals surface area contributed by atoms with E-state index in [0.717, 1.165) is 22.4 Å². The molecule has 7 heteroatoms. The maximum atomic E-state index is 13.1. The number of hydrogen-bond acceptors (Lipinski definition) is 4. The summed E-state index contributed by atoms with van der Waals surface area (Å²) in [5.41, 5.74) is 3.30. The predicted octanol–water partition coefficient (Wildman–Crippen LogP) is 3.98. The summed E-state index contributed by atoms with van der Waals surface area (Å²) in [6.45, 7) is 0.818. The minimum Gasteiger partial charge on any atom is -0.497 e. The van der Waals surface area contributed by atoms with Gasteiger partial charge in [0.1, 0.15) is 17.3 Å². The maximum absolute atomic E-state index is 13.1. The van der Waals surface area contributed by atoms with E-state index in [4.69, 9.17) is 9.47 Å². The molecule has 1 aliphatic rings. The quantitative estimate of drug-likeness (QED) is 0.594. The van der Waals surface area contributed by atoms with E-state index in [1.807, 2.05) is 30.3 Å². The third-order valence-electron chi connectivity index (χ3n) is 5.52. The number of rotatable bonds is 7. The second-order valence-electron chi connectivity index (χ2n) is 7.88. The summed E-state index contributed by atoms with van der Waals surface area (Å²) < 4.78 is 23.9. The smallest absolute Gasteiger partial charge is 0.260 e. The molecular weight excluding hydrogens is 423 g/mol. The summed E-state index contributed by atoms with van der Waals surface area (Å²) in [5, 5.41) is 2.91. The molecule has 0 spiro atoms. The van der Waals surface area contributed by atoms with Gasteiger partial charge in [-0.2, -0.15) is 0 Å². The van der Waals surface area contributed by atoms with Crippen LogP contribution < -0.4 is 14.8 Å². The number of nitrogens with zero attached hydrogens (tertiary/aromatic N) is 1. The van der Waals surface area contributed by atoms with E-state index in [1.165, 1.54) is 12.1 Å². The van der Waals surface area contributed by atoms with Crippen LogP contribution in [0, 0.1) is 5.82 Å². The molecule has 1 aliphatic heterocycles. The van der Waals surface area contributed by atoms with Gasteiger partial charge in [0, 0.05) is 24.3 Å². The van der Waals surface area contributed by atoms with Gasteiger partial charge in [0.25, 0.3) is 5.91 Å². The number of carbonyl (C=O) groups excluding carboxylic acids is 2. The number of amides is 2. The molecule has 0 radical (unpaired) electrons. The number of fused-ring (bicyclic) bond motifs is 1. The predicted molar refractivity (Wildman–Crippen MR) is 123 cm³/mol. The van der Waals surface area contributed by atoms with Crippen LogP contribution in [0.2, 0.25) is 0 Å². The highest BCUT2D eigenvalue weighted by Gasteiger charge is 2.22. The first kappa shape index (κ1) is 22.3.